The largest absolute Gasteiger partial charge is 0.348 e. The van der Waals surface area contributed by atoms with Crippen LogP contribution in [0.1, 0.15) is 22.9 Å². The van der Waals surface area contributed by atoms with Crippen molar-refractivity contribution in [1.82, 2.24) is 25.1 Å². The lowest BCUT2D eigenvalue weighted by Crippen LogP contribution is -2.30. The summed E-state index contributed by atoms with van der Waals surface area (Å²) in [5, 5.41) is 8.42. The zero-order valence-electron chi connectivity index (χ0n) is 13.2. The molecule has 1 aromatic carbocycles. The summed E-state index contributed by atoms with van der Waals surface area (Å²) in [5.41, 5.74) is 1.94. The van der Waals surface area contributed by atoms with Crippen LogP contribution >= 0.6 is 22.9 Å². The number of aromatic nitrogens is 4. The van der Waals surface area contributed by atoms with Crippen LogP contribution < -0.4 is 5.32 Å². The third-order valence-electron chi connectivity index (χ3n) is 3.59. The maximum Gasteiger partial charge on any atom is 0.244 e. The molecule has 1 amide bonds. The van der Waals surface area contributed by atoms with Gasteiger partial charge in [0.15, 0.2) is 0 Å². The van der Waals surface area contributed by atoms with Crippen LogP contribution in [0.5, 0.6) is 0 Å². The Kier molecular flexibility index (Phi) is 4.92. The van der Waals surface area contributed by atoms with E-state index >= 15 is 0 Å². The summed E-state index contributed by atoms with van der Waals surface area (Å²) in [5.74, 6) is -0.124. The minimum Gasteiger partial charge on any atom is -0.348 e. The maximum atomic E-state index is 12.2. The molecule has 1 atom stereocenters. The predicted octanol–water partition coefficient (Wildman–Crippen LogP) is 3.24. The van der Waals surface area contributed by atoms with E-state index < -0.39 is 6.04 Å². The highest BCUT2D eigenvalue weighted by Gasteiger charge is 2.16. The van der Waals surface area contributed by atoms with Crippen molar-refractivity contribution in [3.05, 3.63) is 51.8 Å². The van der Waals surface area contributed by atoms with Crippen molar-refractivity contribution in [2.24, 2.45) is 0 Å². The Bertz CT molecular complexity index is 829. The number of aryl methyl sites for hydroxylation is 1. The minimum atomic E-state index is -0.413. The van der Waals surface area contributed by atoms with Gasteiger partial charge in [0.2, 0.25) is 5.91 Å². The smallest absolute Gasteiger partial charge is 0.244 e. The number of nitrogens with zero attached hydrogens (tertiary/aromatic N) is 4. The van der Waals surface area contributed by atoms with Crippen molar-refractivity contribution < 1.29 is 4.79 Å². The fraction of sp³-hybridized carbons (Fsp3) is 0.250. The van der Waals surface area contributed by atoms with Gasteiger partial charge in [-0.2, -0.15) is 5.10 Å². The zero-order valence-corrected chi connectivity index (χ0v) is 14.8. The number of rotatable bonds is 5. The summed E-state index contributed by atoms with van der Waals surface area (Å²) in [6, 6.07) is 7.16. The number of hydrogen-bond donors (Lipinski definition) is 1. The Balaban J connectivity index is 1.67. The predicted molar refractivity (Wildman–Crippen MR) is 93.9 cm³/mol. The summed E-state index contributed by atoms with van der Waals surface area (Å²) in [6.07, 6.45) is 2.93. The van der Waals surface area contributed by atoms with Crippen LogP contribution in [0.4, 0.5) is 0 Å². The van der Waals surface area contributed by atoms with Crippen molar-refractivity contribution >= 4 is 28.8 Å². The second kappa shape index (κ2) is 7.11. The average molecular weight is 362 g/mol. The van der Waals surface area contributed by atoms with Gasteiger partial charge < -0.3 is 5.32 Å². The standard InChI is InChI=1S/C16H16ClN5OS/c1-10(22-9-18-8-20-22)16(23)19-7-14-21-15(11(2)24-14)12-3-5-13(17)6-4-12/h3-6,8-10H,7H2,1-2H3,(H,19,23)/t10-/m0/s1. The van der Waals surface area contributed by atoms with Gasteiger partial charge in [0.25, 0.3) is 0 Å². The second-order valence-electron chi connectivity index (χ2n) is 5.29. The number of carbonyl (C=O) groups is 1. The van der Waals surface area contributed by atoms with Crippen molar-refractivity contribution in [1.29, 1.82) is 0 Å². The summed E-state index contributed by atoms with van der Waals surface area (Å²) >= 11 is 7.49. The third kappa shape index (κ3) is 3.63. The minimum absolute atomic E-state index is 0.124. The van der Waals surface area contributed by atoms with E-state index in [1.54, 1.807) is 18.3 Å². The molecule has 8 heteroatoms. The first kappa shape index (κ1) is 16.6. The highest BCUT2D eigenvalue weighted by atomic mass is 35.5. The topological polar surface area (TPSA) is 72.7 Å². The van der Waals surface area contributed by atoms with Crippen LogP contribution in [0.3, 0.4) is 0 Å². The third-order valence-corrected chi connectivity index (χ3v) is 4.81. The molecular weight excluding hydrogens is 346 g/mol. The van der Waals surface area contributed by atoms with Crippen LogP contribution in [0.15, 0.2) is 36.9 Å². The SMILES string of the molecule is Cc1sc(CNC(=O)[C@H](C)n2cncn2)nc1-c1ccc(Cl)cc1. The molecular formula is C16H16ClN5OS. The second-order valence-corrected chi connectivity index (χ2v) is 7.01. The Morgan fingerprint density at radius 1 is 1.38 bits per heavy atom. The molecule has 0 bridgehead atoms. The average Bonchev–Trinajstić information content (AvgIpc) is 3.22. The van der Waals surface area contributed by atoms with E-state index in [0.717, 1.165) is 21.1 Å². The van der Waals surface area contributed by atoms with Crippen LogP contribution in [0.25, 0.3) is 11.3 Å². The Hall–Kier alpha value is -2.25. The molecule has 2 heterocycles. The number of carbonyl (C=O) groups excluding carboxylic acids is 1. The van der Waals surface area contributed by atoms with Crippen LogP contribution in [-0.4, -0.2) is 25.7 Å². The van der Waals surface area contributed by atoms with Crippen LogP contribution in [0, 0.1) is 6.92 Å². The van der Waals surface area contributed by atoms with E-state index in [1.165, 1.54) is 17.3 Å². The Morgan fingerprint density at radius 3 is 2.79 bits per heavy atom. The van der Waals surface area contributed by atoms with Gasteiger partial charge in [-0.3, -0.25) is 4.79 Å². The van der Waals surface area contributed by atoms with Crippen molar-refractivity contribution in [2.45, 2.75) is 26.4 Å². The number of halogens is 1. The molecule has 0 radical (unpaired) electrons. The summed E-state index contributed by atoms with van der Waals surface area (Å²) in [7, 11) is 0. The number of nitrogens with one attached hydrogen (secondary N) is 1. The lowest BCUT2D eigenvalue weighted by atomic mass is 10.1. The maximum absolute atomic E-state index is 12.2. The number of amides is 1. The van der Waals surface area contributed by atoms with E-state index in [1.807, 2.05) is 31.2 Å². The van der Waals surface area contributed by atoms with Crippen molar-refractivity contribution in [3.63, 3.8) is 0 Å². The molecule has 6 nitrogen and oxygen atoms in total. The molecule has 3 rings (SSSR count). The molecule has 0 unspecified atom stereocenters. The van der Waals surface area contributed by atoms with Gasteiger partial charge in [0.1, 0.15) is 23.7 Å². The van der Waals surface area contributed by atoms with Gasteiger partial charge in [0.05, 0.1) is 12.2 Å². The van der Waals surface area contributed by atoms with E-state index in [-0.39, 0.29) is 5.91 Å². The summed E-state index contributed by atoms with van der Waals surface area (Å²) in [4.78, 5) is 21.8. The molecule has 0 aliphatic carbocycles. The summed E-state index contributed by atoms with van der Waals surface area (Å²) in [6.45, 7) is 4.18. The summed E-state index contributed by atoms with van der Waals surface area (Å²) < 4.78 is 1.52. The van der Waals surface area contributed by atoms with E-state index in [2.05, 4.69) is 20.4 Å². The zero-order chi connectivity index (χ0) is 17.1. The normalized spacial score (nSPS) is 12.1. The van der Waals surface area contributed by atoms with E-state index in [0.29, 0.717) is 11.6 Å². The molecule has 3 aromatic rings. The number of hydrogen-bond acceptors (Lipinski definition) is 5. The first-order valence-electron chi connectivity index (χ1n) is 7.38. The quantitative estimate of drug-likeness (QED) is 0.757. The molecule has 0 aliphatic heterocycles. The fourth-order valence-electron chi connectivity index (χ4n) is 2.25. The van der Waals surface area contributed by atoms with Gasteiger partial charge in [-0.05, 0) is 26.0 Å². The molecule has 1 N–H and O–H groups in total. The Morgan fingerprint density at radius 2 is 2.12 bits per heavy atom. The van der Waals surface area contributed by atoms with E-state index in [9.17, 15) is 4.79 Å². The van der Waals surface area contributed by atoms with Gasteiger partial charge in [-0.15, -0.1) is 11.3 Å². The van der Waals surface area contributed by atoms with Crippen LogP contribution in [0.2, 0.25) is 5.02 Å². The monoisotopic (exact) mass is 361 g/mol. The molecule has 0 aliphatic rings. The Labute approximate surface area is 148 Å². The van der Waals surface area contributed by atoms with Gasteiger partial charge in [0, 0.05) is 15.5 Å². The van der Waals surface area contributed by atoms with Crippen LogP contribution in [-0.2, 0) is 11.3 Å². The molecule has 124 valence electrons. The number of benzene rings is 1. The first-order chi connectivity index (χ1) is 11.5. The lowest BCUT2D eigenvalue weighted by molar-refractivity contribution is -0.124. The molecule has 2 aromatic heterocycles. The lowest BCUT2D eigenvalue weighted by Gasteiger charge is -2.10. The van der Waals surface area contributed by atoms with Gasteiger partial charge in [-0.25, -0.2) is 14.6 Å². The molecule has 0 saturated heterocycles. The van der Waals surface area contributed by atoms with Gasteiger partial charge >= 0.3 is 0 Å². The highest BCUT2D eigenvalue weighted by molar-refractivity contribution is 7.12. The molecule has 24 heavy (non-hydrogen) atoms. The highest BCUT2D eigenvalue weighted by Crippen LogP contribution is 2.28. The number of thiazole rings is 1. The first-order valence-corrected chi connectivity index (χ1v) is 8.58. The fourth-order valence-corrected chi connectivity index (χ4v) is 3.27. The van der Waals surface area contributed by atoms with Gasteiger partial charge in [-0.1, -0.05) is 23.7 Å². The van der Waals surface area contributed by atoms with Crippen molar-refractivity contribution in [2.75, 3.05) is 0 Å². The van der Waals surface area contributed by atoms with E-state index in [4.69, 9.17) is 11.6 Å². The molecule has 0 saturated carbocycles. The molecule has 0 spiro atoms. The van der Waals surface area contributed by atoms with Crippen molar-refractivity contribution in [3.8, 4) is 11.3 Å². The molecule has 0 fully saturated rings.